The number of hydrogen-bond acceptors (Lipinski definition) is 4. The predicted octanol–water partition coefficient (Wildman–Crippen LogP) is 1.60. The van der Waals surface area contributed by atoms with E-state index in [0.717, 1.165) is 37.4 Å². The van der Waals surface area contributed by atoms with Crippen LogP contribution in [0.25, 0.3) is 0 Å². The summed E-state index contributed by atoms with van der Waals surface area (Å²) in [5.74, 6) is 0.0738. The SMILES string of the molecule is CNc1cc(C)ncc1C(=O)N1CCCN(C)CC1C. The number of hydrogen-bond donors (Lipinski definition) is 1. The van der Waals surface area contributed by atoms with Crippen LogP contribution in [0.1, 0.15) is 29.4 Å². The summed E-state index contributed by atoms with van der Waals surface area (Å²) in [6, 6.07) is 2.14. The summed E-state index contributed by atoms with van der Waals surface area (Å²) in [6.45, 7) is 6.81. The lowest BCUT2D eigenvalue weighted by atomic mass is 10.1. The van der Waals surface area contributed by atoms with Crippen molar-refractivity contribution in [1.82, 2.24) is 14.8 Å². The largest absolute Gasteiger partial charge is 0.387 e. The zero-order valence-corrected chi connectivity index (χ0v) is 12.8. The highest BCUT2D eigenvalue weighted by Gasteiger charge is 2.26. The molecule has 0 radical (unpaired) electrons. The van der Waals surface area contributed by atoms with Crippen LogP contribution in [0.15, 0.2) is 12.3 Å². The van der Waals surface area contributed by atoms with Crippen LogP contribution in [0.2, 0.25) is 0 Å². The fourth-order valence-electron chi connectivity index (χ4n) is 2.77. The molecule has 1 unspecified atom stereocenters. The van der Waals surface area contributed by atoms with Crippen molar-refractivity contribution < 1.29 is 4.79 Å². The summed E-state index contributed by atoms with van der Waals surface area (Å²) in [5, 5.41) is 3.10. The molecule has 1 aliphatic heterocycles. The number of carbonyl (C=O) groups excluding carboxylic acids is 1. The van der Waals surface area contributed by atoms with Crippen LogP contribution in [0.4, 0.5) is 5.69 Å². The van der Waals surface area contributed by atoms with Crippen molar-refractivity contribution in [2.75, 3.05) is 39.0 Å². The Balaban J connectivity index is 2.26. The van der Waals surface area contributed by atoms with Gasteiger partial charge in [0.25, 0.3) is 5.91 Å². The van der Waals surface area contributed by atoms with Crippen LogP contribution in [-0.4, -0.2) is 60.5 Å². The summed E-state index contributed by atoms with van der Waals surface area (Å²) in [4.78, 5) is 21.3. The second-order valence-electron chi connectivity index (χ2n) is 5.58. The average molecular weight is 276 g/mol. The van der Waals surface area contributed by atoms with Crippen molar-refractivity contribution in [2.45, 2.75) is 26.3 Å². The zero-order valence-electron chi connectivity index (χ0n) is 12.8. The van der Waals surface area contributed by atoms with Gasteiger partial charge in [0.05, 0.1) is 11.3 Å². The molecule has 2 rings (SSSR count). The Morgan fingerprint density at radius 2 is 2.20 bits per heavy atom. The molecule has 0 saturated carbocycles. The normalized spacial score (nSPS) is 20.6. The Hall–Kier alpha value is -1.62. The van der Waals surface area contributed by atoms with Gasteiger partial charge in [-0.2, -0.15) is 0 Å². The second-order valence-corrected chi connectivity index (χ2v) is 5.58. The van der Waals surface area contributed by atoms with Gasteiger partial charge in [0.1, 0.15) is 0 Å². The third-order valence-corrected chi connectivity index (χ3v) is 3.85. The van der Waals surface area contributed by atoms with E-state index in [1.165, 1.54) is 0 Å². The second kappa shape index (κ2) is 6.22. The number of aromatic nitrogens is 1. The summed E-state index contributed by atoms with van der Waals surface area (Å²) in [6.07, 6.45) is 2.70. The molecule has 2 heterocycles. The van der Waals surface area contributed by atoms with E-state index in [0.29, 0.717) is 5.56 Å². The minimum absolute atomic E-state index is 0.0738. The maximum Gasteiger partial charge on any atom is 0.257 e. The Kier molecular flexibility index (Phi) is 4.60. The first-order valence-corrected chi connectivity index (χ1v) is 7.17. The van der Waals surface area contributed by atoms with E-state index in [2.05, 4.69) is 29.2 Å². The number of pyridine rings is 1. The lowest BCUT2D eigenvalue weighted by Crippen LogP contribution is -2.42. The minimum Gasteiger partial charge on any atom is -0.387 e. The first-order valence-electron chi connectivity index (χ1n) is 7.17. The number of rotatable bonds is 2. The van der Waals surface area contributed by atoms with Crippen LogP contribution in [-0.2, 0) is 0 Å². The first kappa shape index (κ1) is 14.8. The van der Waals surface area contributed by atoms with Gasteiger partial charge in [-0.3, -0.25) is 9.78 Å². The van der Waals surface area contributed by atoms with E-state index in [-0.39, 0.29) is 11.9 Å². The third-order valence-electron chi connectivity index (χ3n) is 3.85. The molecule has 1 atom stereocenters. The summed E-state index contributed by atoms with van der Waals surface area (Å²) < 4.78 is 0. The molecule has 1 aromatic rings. The first-order chi connectivity index (χ1) is 9.52. The number of nitrogens with one attached hydrogen (secondary N) is 1. The molecule has 0 aromatic carbocycles. The lowest BCUT2D eigenvalue weighted by Gasteiger charge is -2.28. The number of nitrogens with zero attached hydrogens (tertiary/aromatic N) is 3. The highest BCUT2D eigenvalue weighted by Crippen LogP contribution is 2.20. The maximum atomic E-state index is 12.8. The Morgan fingerprint density at radius 3 is 2.90 bits per heavy atom. The molecule has 1 aliphatic rings. The fourth-order valence-corrected chi connectivity index (χ4v) is 2.77. The molecule has 0 bridgehead atoms. The van der Waals surface area contributed by atoms with Crippen LogP contribution in [0.5, 0.6) is 0 Å². The Bertz CT molecular complexity index is 489. The third kappa shape index (κ3) is 3.10. The van der Waals surface area contributed by atoms with Crippen molar-refractivity contribution in [2.24, 2.45) is 0 Å². The van der Waals surface area contributed by atoms with Crippen LogP contribution >= 0.6 is 0 Å². The molecule has 0 aliphatic carbocycles. The topological polar surface area (TPSA) is 48.5 Å². The van der Waals surface area contributed by atoms with Crippen molar-refractivity contribution in [3.05, 3.63) is 23.5 Å². The van der Waals surface area contributed by atoms with Gasteiger partial charge in [0.2, 0.25) is 0 Å². The lowest BCUT2D eigenvalue weighted by molar-refractivity contribution is 0.0697. The zero-order chi connectivity index (χ0) is 14.7. The van der Waals surface area contributed by atoms with Crippen LogP contribution < -0.4 is 5.32 Å². The van der Waals surface area contributed by atoms with Gasteiger partial charge in [-0.15, -0.1) is 0 Å². The summed E-state index contributed by atoms with van der Waals surface area (Å²) in [7, 11) is 3.95. The Labute approximate surface area is 121 Å². The van der Waals surface area contributed by atoms with E-state index >= 15 is 0 Å². The molecule has 0 spiro atoms. The minimum atomic E-state index is 0.0738. The summed E-state index contributed by atoms with van der Waals surface area (Å²) >= 11 is 0. The number of aryl methyl sites for hydroxylation is 1. The van der Waals surface area contributed by atoms with Gasteiger partial charge in [-0.1, -0.05) is 0 Å². The summed E-state index contributed by atoms with van der Waals surface area (Å²) in [5.41, 5.74) is 2.43. The number of anilines is 1. The van der Waals surface area contributed by atoms with Crippen molar-refractivity contribution in [1.29, 1.82) is 0 Å². The Morgan fingerprint density at radius 1 is 1.45 bits per heavy atom. The molecule has 1 saturated heterocycles. The molecule has 5 nitrogen and oxygen atoms in total. The number of amides is 1. The van der Waals surface area contributed by atoms with E-state index in [1.807, 2.05) is 24.9 Å². The van der Waals surface area contributed by atoms with Crippen LogP contribution in [0, 0.1) is 6.92 Å². The average Bonchev–Trinajstić information content (AvgIpc) is 2.58. The van der Waals surface area contributed by atoms with Gasteiger partial charge in [-0.05, 0) is 39.9 Å². The quantitative estimate of drug-likeness (QED) is 0.891. The van der Waals surface area contributed by atoms with Crippen molar-refractivity contribution in [3.8, 4) is 0 Å². The molecule has 5 heteroatoms. The van der Waals surface area contributed by atoms with Crippen LogP contribution in [0.3, 0.4) is 0 Å². The van der Waals surface area contributed by atoms with Crippen molar-refractivity contribution in [3.63, 3.8) is 0 Å². The molecule has 110 valence electrons. The molecule has 1 fully saturated rings. The predicted molar refractivity (Wildman–Crippen MR) is 81.1 cm³/mol. The smallest absolute Gasteiger partial charge is 0.257 e. The number of carbonyl (C=O) groups is 1. The molecule has 1 aromatic heterocycles. The molecule has 1 N–H and O–H groups in total. The van der Waals surface area contributed by atoms with Gasteiger partial charge < -0.3 is 15.1 Å². The van der Waals surface area contributed by atoms with Gasteiger partial charge in [0, 0.05) is 38.1 Å². The molecular weight excluding hydrogens is 252 g/mol. The molecule has 20 heavy (non-hydrogen) atoms. The fraction of sp³-hybridized carbons (Fsp3) is 0.600. The maximum absolute atomic E-state index is 12.8. The van der Waals surface area contributed by atoms with Crippen molar-refractivity contribution >= 4 is 11.6 Å². The monoisotopic (exact) mass is 276 g/mol. The molecular formula is C15H24N4O. The van der Waals surface area contributed by atoms with Gasteiger partial charge in [-0.25, -0.2) is 0 Å². The van der Waals surface area contributed by atoms with Gasteiger partial charge in [0.15, 0.2) is 0 Å². The highest BCUT2D eigenvalue weighted by molar-refractivity contribution is 5.99. The highest BCUT2D eigenvalue weighted by atomic mass is 16.2. The standard InChI is InChI=1S/C15H24N4O/c1-11-8-14(16-3)13(9-17-11)15(20)19-7-5-6-18(4)10-12(19)2/h8-9,12H,5-7,10H2,1-4H3,(H,16,17). The van der Waals surface area contributed by atoms with Gasteiger partial charge >= 0.3 is 0 Å². The van der Waals surface area contributed by atoms with E-state index in [4.69, 9.17) is 0 Å². The number of likely N-dealkylation sites (N-methyl/N-ethyl adjacent to an activating group) is 1. The van der Waals surface area contributed by atoms with E-state index in [9.17, 15) is 4.79 Å². The van der Waals surface area contributed by atoms with E-state index < -0.39 is 0 Å². The molecule has 1 amide bonds. The van der Waals surface area contributed by atoms with E-state index in [1.54, 1.807) is 6.20 Å².